The summed E-state index contributed by atoms with van der Waals surface area (Å²) in [4.78, 5) is 11.7. The fraction of sp³-hybridized carbons (Fsp3) is 0.353. The molecular formula is C17H21ClO2. The number of hydrogen-bond acceptors (Lipinski definition) is 2. The molecule has 0 saturated carbocycles. The first-order chi connectivity index (χ1) is 9.38. The first-order valence-corrected chi connectivity index (χ1v) is 7.04. The third kappa shape index (κ3) is 7.15. The van der Waals surface area contributed by atoms with Crippen LogP contribution < -0.4 is 0 Å². The van der Waals surface area contributed by atoms with Crippen molar-refractivity contribution in [2.75, 3.05) is 0 Å². The number of benzene rings is 1. The standard InChI is InChI=1S/C17H21ClO2/c1-17(2,3)20-13-15(18)16(19)12-8-7-11-14-9-5-4-6-10-14/h4-6,8-10,12-13H,7,11H2,1-3H3/b12-8-,15-13-. The Morgan fingerprint density at radius 3 is 2.50 bits per heavy atom. The van der Waals surface area contributed by atoms with E-state index in [4.69, 9.17) is 16.3 Å². The highest BCUT2D eigenvalue weighted by Gasteiger charge is 2.10. The molecule has 3 heteroatoms. The molecule has 1 aromatic rings. The first-order valence-electron chi connectivity index (χ1n) is 6.67. The molecule has 0 atom stereocenters. The highest BCUT2D eigenvalue weighted by Crippen LogP contribution is 2.12. The number of aryl methyl sites for hydroxylation is 1. The normalized spacial score (nSPS) is 12.7. The molecule has 108 valence electrons. The van der Waals surface area contributed by atoms with Crippen LogP contribution in [0.15, 0.2) is 53.8 Å². The summed E-state index contributed by atoms with van der Waals surface area (Å²) in [5.74, 6) is -0.232. The molecule has 0 aliphatic heterocycles. The second kappa shape index (κ2) is 7.91. The summed E-state index contributed by atoms with van der Waals surface area (Å²) in [5.41, 5.74) is 0.902. The summed E-state index contributed by atoms with van der Waals surface area (Å²) in [6.07, 6.45) is 6.35. The van der Waals surface area contributed by atoms with Crippen molar-refractivity contribution in [1.29, 1.82) is 0 Å². The van der Waals surface area contributed by atoms with E-state index < -0.39 is 0 Å². The molecular weight excluding hydrogens is 272 g/mol. The van der Waals surface area contributed by atoms with Crippen molar-refractivity contribution in [3.05, 3.63) is 59.3 Å². The van der Waals surface area contributed by atoms with Crippen LogP contribution in [0.2, 0.25) is 0 Å². The highest BCUT2D eigenvalue weighted by atomic mass is 35.5. The van der Waals surface area contributed by atoms with Crippen LogP contribution in [0.3, 0.4) is 0 Å². The number of allylic oxidation sites excluding steroid dienone is 3. The van der Waals surface area contributed by atoms with Crippen LogP contribution in [-0.4, -0.2) is 11.4 Å². The van der Waals surface area contributed by atoms with Crippen molar-refractivity contribution in [3.8, 4) is 0 Å². The van der Waals surface area contributed by atoms with E-state index in [2.05, 4.69) is 12.1 Å². The quantitative estimate of drug-likeness (QED) is 0.564. The maximum atomic E-state index is 11.7. The first kappa shape index (κ1) is 16.5. The third-order valence-corrected chi connectivity index (χ3v) is 2.74. The lowest BCUT2D eigenvalue weighted by Gasteiger charge is -2.17. The van der Waals surface area contributed by atoms with Crippen LogP contribution in [0.5, 0.6) is 0 Å². The molecule has 20 heavy (non-hydrogen) atoms. The van der Waals surface area contributed by atoms with Gasteiger partial charge >= 0.3 is 0 Å². The Hall–Kier alpha value is -1.54. The molecule has 0 saturated heterocycles. The van der Waals surface area contributed by atoms with Gasteiger partial charge in [-0.2, -0.15) is 0 Å². The van der Waals surface area contributed by atoms with E-state index in [0.29, 0.717) is 0 Å². The van der Waals surface area contributed by atoms with Gasteiger partial charge in [0.15, 0.2) is 5.78 Å². The molecule has 2 nitrogen and oxygen atoms in total. The molecule has 1 aromatic carbocycles. The molecule has 0 amide bonds. The minimum atomic E-state index is -0.350. The highest BCUT2D eigenvalue weighted by molar-refractivity contribution is 6.44. The number of hydrogen-bond donors (Lipinski definition) is 0. The van der Waals surface area contributed by atoms with Crippen molar-refractivity contribution in [1.82, 2.24) is 0 Å². The molecule has 0 unspecified atom stereocenters. The molecule has 0 fully saturated rings. The molecule has 0 aliphatic carbocycles. The Morgan fingerprint density at radius 2 is 1.90 bits per heavy atom. The van der Waals surface area contributed by atoms with Gasteiger partial charge in [-0.05, 0) is 45.3 Å². The van der Waals surface area contributed by atoms with E-state index in [1.807, 2.05) is 45.0 Å². The number of ether oxygens (including phenoxy) is 1. The predicted molar refractivity (Wildman–Crippen MR) is 83.7 cm³/mol. The Kier molecular flexibility index (Phi) is 6.53. The van der Waals surface area contributed by atoms with Crippen molar-refractivity contribution < 1.29 is 9.53 Å². The zero-order valence-electron chi connectivity index (χ0n) is 12.2. The van der Waals surface area contributed by atoms with Crippen LogP contribution in [0.1, 0.15) is 32.8 Å². The summed E-state index contributed by atoms with van der Waals surface area (Å²) < 4.78 is 5.34. The SMILES string of the molecule is CC(C)(C)O/C=C(\Cl)C(=O)/C=C\CCc1ccccc1. The second-order valence-corrected chi connectivity index (χ2v) is 5.89. The van der Waals surface area contributed by atoms with Crippen LogP contribution in [0, 0.1) is 0 Å². The lowest BCUT2D eigenvalue weighted by molar-refractivity contribution is -0.111. The van der Waals surface area contributed by atoms with Gasteiger partial charge in [-0.3, -0.25) is 4.79 Å². The van der Waals surface area contributed by atoms with Crippen LogP contribution in [0.25, 0.3) is 0 Å². The van der Waals surface area contributed by atoms with Gasteiger partial charge in [0.05, 0.1) is 5.60 Å². The summed E-state index contributed by atoms with van der Waals surface area (Å²) in [5, 5.41) is 0.0934. The second-order valence-electron chi connectivity index (χ2n) is 5.49. The van der Waals surface area contributed by atoms with E-state index >= 15 is 0 Å². The van der Waals surface area contributed by atoms with E-state index in [-0.39, 0.29) is 16.4 Å². The van der Waals surface area contributed by atoms with Crippen molar-refractivity contribution >= 4 is 17.4 Å². The predicted octanol–water partition coefficient (Wildman–Crippen LogP) is 4.64. The van der Waals surface area contributed by atoms with Gasteiger partial charge in [0.1, 0.15) is 11.3 Å². The molecule has 0 aromatic heterocycles. The molecule has 0 N–H and O–H groups in total. The number of carbonyl (C=O) groups excluding carboxylic acids is 1. The fourth-order valence-electron chi connectivity index (χ4n) is 1.45. The van der Waals surface area contributed by atoms with Gasteiger partial charge in [-0.15, -0.1) is 0 Å². The number of rotatable bonds is 6. The monoisotopic (exact) mass is 292 g/mol. The number of ketones is 1. The topological polar surface area (TPSA) is 26.3 Å². The Bertz CT molecular complexity index is 481. The lowest BCUT2D eigenvalue weighted by atomic mass is 10.1. The van der Waals surface area contributed by atoms with Crippen molar-refractivity contribution in [2.24, 2.45) is 0 Å². The number of carbonyl (C=O) groups is 1. The third-order valence-electron chi connectivity index (χ3n) is 2.46. The zero-order chi connectivity index (χ0) is 15.0. The largest absolute Gasteiger partial charge is 0.494 e. The smallest absolute Gasteiger partial charge is 0.199 e. The molecule has 0 radical (unpaired) electrons. The molecule has 0 bridgehead atoms. The zero-order valence-corrected chi connectivity index (χ0v) is 13.0. The molecule has 0 aliphatic rings. The average Bonchev–Trinajstić information content (AvgIpc) is 2.41. The summed E-state index contributed by atoms with van der Waals surface area (Å²) in [6.45, 7) is 5.69. The lowest BCUT2D eigenvalue weighted by Crippen LogP contribution is -2.15. The Labute approximate surface area is 126 Å². The maximum absolute atomic E-state index is 11.7. The molecule has 0 heterocycles. The van der Waals surface area contributed by atoms with Crippen molar-refractivity contribution in [2.45, 2.75) is 39.2 Å². The number of halogens is 1. The summed E-state index contributed by atoms with van der Waals surface area (Å²) in [6, 6.07) is 10.1. The molecule has 1 rings (SSSR count). The fourth-order valence-corrected chi connectivity index (χ4v) is 1.56. The van der Waals surface area contributed by atoms with Gasteiger partial charge in [0.25, 0.3) is 0 Å². The summed E-state index contributed by atoms with van der Waals surface area (Å²) >= 11 is 5.87. The minimum absolute atomic E-state index is 0.0934. The average molecular weight is 293 g/mol. The van der Waals surface area contributed by atoms with Crippen LogP contribution in [0.4, 0.5) is 0 Å². The van der Waals surface area contributed by atoms with Gasteiger partial charge in [0.2, 0.25) is 0 Å². The van der Waals surface area contributed by atoms with Crippen LogP contribution in [-0.2, 0) is 16.0 Å². The van der Waals surface area contributed by atoms with Gasteiger partial charge in [-0.1, -0.05) is 48.0 Å². The van der Waals surface area contributed by atoms with Crippen molar-refractivity contribution in [3.63, 3.8) is 0 Å². The summed E-state index contributed by atoms with van der Waals surface area (Å²) in [7, 11) is 0. The van der Waals surface area contributed by atoms with Crippen LogP contribution >= 0.6 is 11.6 Å². The van der Waals surface area contributed by atoms with E-state index in [9.17, 15) is 4.79 Å². The minimum Gasteiger partial charge on any atom is -0.494 e. The maximum Gasteiger partial charge on any atom is 0.199 e. The van der Waals surface area contributed by atoms with E-state index in [1.165, 1.54) is 17.9 Å². The van der Waals surface area contributed by atoms with Gasteiger partial charge in [0, 0.05) is 0 Å². The van der Waals surface area contributed by atoms with E-state index in [1.54, 1.807) is 0 Å². The Balaban J connectivity index is 2.40. The van der Waals surface area contributed by atoms with E-state index in [0.717, 1.165) is 12.8 Å². The Morgan fingerprint density at radius 1 is 1.25 bits per heavy atom. The van der Waals surface area contributed by atoms with Gasteiger partial charge in [-0.25, -0.2) is 0 Å². The van der Waals surface area contributed by atoms with Gasteiger partial charge < -0.3 is 4.74 Å². The molecule has 0 spiro atoms.